The van der Waals surface area contributed by atoms with Gasteiger partial charge in [-0.05, 0) is 66.7 Å². The van der Waals surface area contributed by atoms with Gasteiger partial charge in [0.05, 0.1) is 10.6 Å². The first-order valence-corrected chi connectivity index (χ1v) is 11.2. The van der Waals surface area contributed by atoms with Gasteiger partial charge in [-0.1, -0.05) is 11.6 Å². The number of benzene rings is 3. The van der Waals surface area contributed by atoms with Gasteiger partial charge in [-0.25, -0.2) is 0 Å². The quantitative estimate of drug-likeness (QED) is 0.281. The molecular formula is C26H28Cl2N6O2. The Morgan fingerprint density at radius 2 is 1.08 bits per heavy atom. The van der Waals surface area contributed by atoms with Crippen LogP contribution in [0, 0.1) is 0 Å². The predicted octanol–water partition coefficient (Wildman–Crippen LogP) is 4.46. The molecular weight excluding hydrogens is 499 g/mol. The molecule has 0 heterocycles. The zero-order valence-electron chi connectivity index (χ0n) is 20.3. The molecule has 36 heavy (non-hydrogen) atoms. The number of carbonyl (C=O) groups is 2. The van der Waals surface area contributed by atoms with Crippen molar-refractivity contribution < 1.29 is 9.59 Å². The van der Waals surface area contributed by atoms with Crippen LogP contribution in [0.1, 0.15) is 31.8 Å². The van der Waals surface area contributed by atoms with E-state index in [2.05, 4.69) is 31.3 Å². The zero-order chi connectivity index (χ0) is 25.4. The van der Waals surface area contributed by atoms with Crippen LogP contribution in [0.5, 0.6) is 0 Å². The molecule has 0 aliphatic carbocycles. The van der Waals surface area contributed by atoms with Crippen LogP contribution in [0.15, 0.2) is 76.7 Å². The molecule has 0 aliphatic rings. The number of carbonyl (C=O) groups excluding carboxylic acids is 2. The second-order valence-electron chi connectivity index (χ2n) is 7.40. The first-order chi connectivity index (χ1) is 16.9. The van der Waals surface area contributed by atoms with Gasteiger partial charge in [-0.3, -0.25) is 19.6 Å². The minimum absolute atomic E-state index is 0. The van der Waals surface area contributed by atoms with E-state index in [0.29, 0.717) is 16.9 Å². The predicted molar refractivity (Wildman–Crippen MR) is 151 cm³/mol. The van der Waals surface area contributed by atoms with Crippen LogP contribution in [0.25, 0.3) is 0 Å². The average Bonchev–Trinajstić information content (AvgIpc) is 2.87. The Morgan fingerprint density at radius 3 is 1.47 bits per heavy atom. The highest BCUT2D eigenvalue weighted by Crippen LogP contribution is 2.21. The maximum Gasteiger partial charge on any atom is 0.257 e. The lowest BCUT2D eigenvalue weighted by Gasteiger charge is -2.11. The maximum atomic E-state index is 12.7. The number of nitrogens with zero attached hydrogens (tertiary/aromatic N) is 2. The van der Waals surface area contributed by atoms with Crippen LogP contribution in [0.4, 0.5) is 11.4 Å². The third kappa shape index (κ3) is 6.84. The standard InChI is InChI=1S/C26H27ClN6O2.ClH/c1-28-23(29-2)16-5-10-19(11-6-16)32-25(34)18-9-14-21(22(27)15-18)26(35)33-20-12-7-17(8-13-20)24(30-3)31-4;/h5-15H,1-4H3,(H,28,29)(H,30,31)(H,32,34)(H,33,35);1H. The zero-order valence-corrected chi connectivity index (χ0v) is 21.9. The van der Waals surface area contributed by atoms with Crippen molar-refractivity contribution in [2.75, 3.05) is 38.8 Å². The number of hydrogen-bond donors (Lipinski definition) is 4. The van der Waals surface area contributed by atoms with Gasteiger partial charge in [-0.15, -0.1) is 12.4 Å². The molecule has 0 unspecified atom stereocenters. The van der Waals surface area contributed by atoms with Crippen LogP contribution < -0.4 is 21.3 Å². The van der Waals surface area contributed by atoms with Crippen molar-refractivity contribution in [2.45, 2.75) is 0 Å². The van der Waals surface area contributed by atoms with E-state index < -0.39 is 0 Å². The highest BCUT2D eigenvalue weighted by Gasteiger charge is 2.15. The highest BCUT2D eigenvalue weighted by atomic mass is 35.5. The molecule has 3 aromatic rings. The molecule has 188 valence electrons. The summed E-state index contributed by atoms with van der Waals surface area (Å²) in [6.45, 7) is 0. The Bertz CT molecular complexity index is 1270. The lowest BCUT2D eigenvalue weighted by atomic mass is 10.1. The average molecular weight is 527 g/mol. The Labute approximate surface area is 221 Å². The number of anilines is 2. The molecule has 0 fully saturated rings. The number of hydrogen-bond acceptors (Lipinski definition) is 4. The van der Waals surface area contributed by atoms with Crippen molar-refractivity contribution in [1.29, 1.82) is 0 Å². The summed E-state index contributed by atoms with van der Waals surface area (Å²) in [5.41, 5.74) is 3.65. The number of halogens is 2. The summed E-state index contributed by atoms with van der Waals surface area (Å²) in [5.74, 6) is 0.782. The van der Waals surface area contributed by atoms with Gasteiger partial charge in [0.15, 0.2) is 0 Å². The maximum absolute atomic E-state index is 12.7. The van der Waals surface area contributed by atoms with Crippen LogP contribution in [0.3, 0.4) is 0 Å². The van der Waals surface area contributed by atoms with E-state index >= 15 is 0 Å². The second kappa shape index (κ2) is 13.3. The van der Waals surface area contributed by atoms with Gasteiger partial charge in [-0.2, -0.15) is 0 Å². The van der Waals surface area contributed by atoms with Gasteiger partial charge >= 0.3 is 0 Å². The number of nitrogens with one attached hydrogen (secondary N) is 4. The summed E-state index contributed by atoms with van der Waals surface area (Å²) in [6, 6.07) is 19.1. The third-order valence-electron chi connectivity index (χ3n) is 5.23. The van der Waals surface area contributed by atoms with E-state index in [-0.39, 0.29) is 34.8 Å². The van der Waals surface area contributed by atoms with E-state index in [1.165, 1.54) is 12.1 Å². The smallest absolute Gasteiger partial charge is 0.257 e. The Morgan fingerprint density at radius 1 is 0.667 bits per heavy atom. The topological polar surface area (TPSA) is 107 Å². The van der Waals surface area contributed by atoms with Crippen molar-refractivity contribution in [1.82, 2.24) is 10.6 Å². The fourth-order valence-electron chi connectivity index (χ4n) is 3.44. The van der Waals surface area contributed by atoms with E-state index in [0.717, 1.165) is 22.8 Å². The van der Waals surface area contributed by atoms with E-state index in [1.807, 2.05) is 24.3 Å². The van der Waals surface area contributed by atoms with Gasteiger partial charge in [0, 0.05) is 56.3 Å². The Kier molecular flexibility index (Phi) is 10.5. The van der Waals surface area contributed by atoms with Gasteiger partial charge < -0.3 is 21.3 Å². The minimum Gasteiger partial charge on any atom is -0.373 e. The van der Waals surface area contributed by atoms with Crippen molar-refractivity contribution >= 4 is 58.9 Å². The summed E-state index contributed by atoms with van der Waals surface area (Å²) in [4.78, 5) is 33.7. The molecule has 0 bridgehead atoms. The first kappa shape index (κ1) is 28.4. The molecule has 0 saturated heterocycles. The van der Waals surface area contributed by atoms with Crippen LogP contribution >= 0.6 is 24.0 Å². The van der Waals surface area contributed by atoms with Gasteiger partial charge in [0.1, 0.15) is 11.7 Å². The number of rotatable bonds is 6. The molecule has 0 aliphatic heterocycles. The van der Waals surface area contributed by atoms with Crippen molar-refractivity contribution in [3.8, 4) is 0 Å². The van der Waals surface area contributed by atoms with Crippen LogP contribution in [0.2, 0.25) is 5.02 Å². The molecule has 2 amide bonds. The number of aliphatic imine (C=N–C) groups is 2. The molecule has 0 atom stereocenters. The van der Waals surface area contributed by atoms with Crippen LogP contribution in [-0.4, -0.2) is 51.7 Å². The van der Waals surface area contributed by atoms with Crippen LogP contribution in [-0.2, 0) is 0 Å². The van der Waals surface area contributed by atoms with Crippen molar-refractivity contribution in [2.24, 2.45) is 9.98 Å². The van der Waals surface area contributed by atoms with Crippen molar-refractivity contribution in [3.63, 3.8) is 0 Å². The summed E-state index contributed by atoms with van der Waals surface area (Å²) < 4.78 is 0. The number of amidine groups is 2. The fraction of sp³-hybridized carbons (Fsp3) is 0.154. The molecule has 3 aromatic carbocycles. The third-order valence-corrected chi connectivity index (χ3v) is 5.54. The molecule has 8 nitrogen and oxygen atoms in total. The van der Waals surface area contributed by atoms with Gasteiger partial charge in [0.2, 0.25) is 0 Å². The summed E-state index contributed by atoms with van der Waals surface area (Å²) in [5, 5.41) is 11.8. The fourth-order valence-corrected chi connectivity index (χ4v) is 3.70. The SMILES string of the molecule is CN=C(NC)c1ccc(NC(=O)c2ccc(C(=O)Nc3ccc(C(=NC)NC)cc3)c(Cl)c2)cc1.Cl. The van der Waals surface area contributed by atoms with E-state index in [9.17, 15) is 9.59 Å². The molecule has 0 radical (unpaired) electrons. The van der Waals surface area contributed by atoms with Gasteiger partial charge in [0.25, 0.3) is 11.8 Å². The molecule has 0 aromatic heterocycles. The summed E-state index contributed by atoms with van der Waals surface area (Å²) >= 11 is 6.34. The lowest BCUT2D eigenvalue weighted by molar-refractivity contribution is 0.101. The summed E-state index contributed by atoms with van der Waals surface area (Å²) in [7, 11) is 6.99. The van der Waals surface area contributed by atoms with E-state index in [4.69, 9.17) is 11.6 Å². The monoisotopic (exact) mass is 526 g/mol. The molecule has 0 spiro atoms. The minimum atomic E-state index is -0.374. The Balaban J connectivity index is 0.00000456. The molecule has 3 rings (SSSR count). The largest absolute Gasteiger partial charge is 0.373 e. The van der Waals surface area contributed by atoms with Crippen molar-refractivity contribution in [3.05, 3.63) is 94.0 Å². The molecule has 10 heteroatoms. The Hall–Kier alpha value is -3.88. The molecule has 4 N–H and O–H groups in total. The first-order valence-electron chi connectivity index (χ1n) is 10.8. The second-order valence-corrected chi connectivity index (χ2v) is 7.81. The molecule has 0 saturated carbocycles. The lowest BCUT2D eigenvalue weighted by Crippen LogP contribution is -2.19. The highest BCUT2D eigenvalue weighted by molar-refractivity contribution is 6.35. The van der Waals surface area contributed by atoms with E-state index in [1.54, 1.807) is 58.5 Å². The summed E-state index contributed by atoms with van der Waals surface area (Å²) in [6.07, 6.45) is 0. The number of amides is 2. The normalized spacial score (nSPS) is 11.2.